The Morgan fingerprint density at radius 2 is 1.62 bits per heavy atom. The molecule has 0 saturated carbocycles. The zero-order valence-corrected chi connectivity index (χ0v) is 15.6. The summed E-state index contributed by atoms with van der Waals surface area (Å²) in [6.07, 6.45) is 3.19. The number of alkyl halides is 4. The van der Waals surface area contributed by atoms with E-state index in [1.807, 2.05) is 0 Å². The predicted octanol–water partition coefficient (Wildman–Crippen LogP) is 3.94. The van der Waals surface area contributed by atoms with Crippen LogP contribution in [0.1, 0.15) is 5.56 Å². The van der Waals surface area contributed by atoms with Crippen LogP contribution in [0.25, 0.3) is 6.08 Å². The van der Waals surface area contributed by atoms with E-state index < -0.39 is 34.7 Å². The first-order valence-electron chi connectivity index (χ1n) is 7.87. The minimum atomic E-state index is -3.38. The van der Waals surface area contributed by atoms with E-state index in [0.29, 0.717) is 5.69 Å². The third-order valence-corrected chi connectivity index (χ3v) is 4.52. The van der Waals surface area contributed by atoms with Crippen molar-refractivity contribution < 1.29 is 40.2 Å². The Kier molecular flexibility index (Phi) is 7.21. The Morgan fingerprint density at radius 1 is 1.00 bits per heavy atom. The van der Waals surface area contributed by atoms with Crippen LogP contribution in [0.3, 0.4) is 0 Å². The minimum absolute atomic E-state index is 0.0227. The molecule has 2 aromatic carbocycles. The van der Waals surface area contributed by atoms with Crippen LogP contribution in [0.2, 0.25) is 0 Å². The van der Waals surface area contributed by atoms with Gasteiger partial charge in [0, 0.05) is 29.6 Å². The lowest BCUT2D eigenvalue weighted by molar-refractivity contribution is -0.111. The fraction of sp³-hybridized carbons (Fsp3) is 0.167. The number of carbonyl (C=O) groups excluding carboxylic acids is 1. The van der Waals surface area contributed by atoms with E-state index in [1.165, 1.54) is 30.3 Å². The average molecular weight is 433 g/mol. The molecule has 0 aliphatic rings. The van der Waals surface area contributed by atoms with Crippen LogP contribution in [-0.2, 0) is 14.6 Å². The van der Waals surface area contributed by atoms with Crippen LogP contribution in [-0.4, -0.2) is 33.8 Å². The van der Waals surface area contributed by atoms with Crippen molar-refractivity contribution in [3.63, 3.8) is 0 Å². The molecule has 0 heterocycles. The van der Waals surface area contributed by atoms with Gasteiger partial charge in [-0.05, 0) is 42.5 Å². The molecule has 1 amide bonds. The molecular weight excluding hydrogens is 418 g/mol. The topological polar surface area (TPSA) is 81.7 Å². The number of nitrogens with one attached hydrogen (secondary N) is 1. The van der Waals surface area contributed by atoms with Crippen molar-refractivity contribution in [3.05, 3.63) is 54.1 Å². The average Bonchev–Trinajstić information content (AvgIpc) is 2.59. The summed E-state index contributed by atoms with van der Waals surface area (Å²) < 4.78 is 80.8. The molecule has 1 N–H and O–H groups in total. The molecule has 0 saturated heterocycles. The number of rotatable bonds is 8. The molecule has 0 bridgehead atoms. The van der Waals surface area contributed by atoms with Crippen molar-refractivity contribution in [1.29, 1.82) is 0 Å². The van der Waals surface area contributed by atoms with Gasteiger partial charge in [-0.15, -0.1) is 0 Å². The number of anilines is 1. The molecule has 0 radical (unpaired) electrons. The summed E-state index contributed by atoms with van der Waals surface area (Å²) in [5.41, 5.74) is 0.325. The molecule has 0 aliphatic heterocycles. The van der Waals surface area contributed by atoms with E-state index in [1.54, 1.807) is 0 Å². The Balaban J connectivity index is 2.13. The molecule has 2 rings (SSSR count). The Hall–Kier alpha value is -3.08. The number of sulfone groups is 1. The monoisotopic (exact) mass is 433 g/mol. The van der Waals surface area contributed by atoms with Crippen molar-refractivity contribution in [1.82, 2.24) is 0 Å². The number of amides is 1. The number of hydrogen-bond donors (Lipinski definition) is 1. The number of halogens is 4. The van der Waals surface area contributed by atoms with Gasteiger partial charge in [-0.1, -0.05) is 0 Å². The van der Waals surface area contributed by atoms with E-state index in [4.69, 9.17) is 0 Å². The Labute approximate surface area is 163 Å². The third-order valence-electron chi connectivity index (χ3n) is 3.39. The van der Waals surface area contributed by atoms with Gasteiger partial charge >= 0.3 is 13.2 Å². The SMILES string of the molecule is CS(=O)(=O)c1ccc(NC(=O)/C=C/c2ccc(OC(F)F)cc2OC(F)F)cc1. The number of benzene rings is 2. The smallest absolute Gasteiger partial charge is 0.387 e. The summed E-state index contributed by atoms with van der Waals surface area (Å²) in [6, 6.07) is 8.50. The van der Waals surface area contributed by atoms with Crippen LogP contribution in [0.15, 0.2) is 53.4 Å². The van der Waals surface area contributed by atoms with Crippen molar-refractivity contribution in [2.24, 2.45) is 0 Å². The van der Waals surface area contributed by atoms with Gasteiger partial charge in [0.05, 0.1) is 4.90 Å². The third kappa shape index (κ3) is 7.11. The quantitative estimate of drug-likeness (QED) is 0.504. The van der Waals surface area contributed by atoms with E-state index >= 15 is 0 Å². The molecule has 156 valence electrons. The number of ether oxygens (including phenoxy) is 2. The van der Waals surface area contributed by atoms with E-state index in [0.717, 1.165) is 30.5 Å². The fourth-order valence-corrected chi connectivity index (χ4v) is 2.79. The highest BCUT2D eigenvalue weighted by Crippen LogP contribution is 2.28. The predicted molar refractivity (Wildman–Crippen MR) is 96.9 cm³/mol. The minimum Gasteiger partial charge on any atom is -0.435 e. The van der Waals surface area contributed by atoms with Gasteiger partial charge in [-0.3, -0.25) is 4.79 Å². The standard InChI is InChI=1S/C18H15F4NO5S/c1-29(25,26)14-7-4-12(5-8-14)23-16(24)9-3-11-2-6-13(27-17(19)20)10-15(11)28-18(21)22/h2-10,17-18H,1H3,(H,23,24)/b9-3+. The van der Waals surface area contributed by atoms with Crippen molar-refractivity contribution >= 4 is 27.5 Å². The first-order valence-corrected chi connectivity index (χ1v) is 9.76. The number of carbonyl (C=O) groups is 1. The lowest BCUT2D eigenvalue weighted by Crippen LogP contribution is -2.08. The molecule has 0 aromatic heterocycles. The summed E-state index contributed by atoms with van der Waals surface area (Å²) in [4.78, 5) is 12.1. The van der Waals surface area contributed by atoms with E-state index in [-0.39, 0.29) is 16.2 Å². The van der Waals surface area contributed by atoms with Crippen LogP contribution >= 0.6 is 0 Å². The molecule has 29 heavy (non-hydrogen) atoms. The highest BCUT2D eigenvalue weighted by Gasteiger charge is 2.12. The van der Waals surface area contributed by atoms with Crippen LogP contribution < -0.4 is 14.8 Å². The normalized spacial score (nSPS) is 11.8. The zero-order chi connectivity index (χ0) is 21.6. The van der Waals surface area contributed by atoms with Gasteiger partial charge in [-0.25, -0.2) is 8.42 Å². The van der Waals surface area contributed by atoms with Gasteiger partial charge in [0.1, 0.15) is 11.5 Å². The van der Waals surface area contributed by atoms with Crippen molar-refractivity contribution in [3.8, 4) is 11.5 Å². The van der Waals surface area contributed by atoms with Gasteiger partial charge < -0.3 is 14.8 Å². The lowest BCUT2D eigenvalue weighted by Gasteiger charge is -2.11. The lowest BCUT2D eigenvalue weighted by atomic mass is 10.1. The summed E-state index contributed by atoms with van der Waals surface area (Å²) in [5, 5.41) is 2.46. The fourth-order valence-electron chi connectivity index (χ4n) is 2.16. The zero-order valence-electron chi connectivity index (χ0n) is 14.8. The molecule has 0 atom stereocenters. The van der Waals surface area contributed by atoms with Gasteiger partial charge in [0.15, 0.2) is 9.84 Å². The molecule has 0 unspecified atom stereocenters. The molecule has 0 spiro atoms. The van der Waals surface area contributed by atoms with Crippen LogP contribution in [0, 0.1) is 0 Å². The van der Waals surface area contributed by atoms with Gasteiger partial charge in [0.2, 0.25) is 5.91 Å². The number of hydrogen-bond acceptors (Lipinski definition) is 5. The Morgan fingerprint density at radius 3 is 2.17 bits per heavy atom. The second-order valence-corrected chi connectivity index (χ2v) is 7.59. The van der Waals surface area contributed by atoms with E-state index in [2.05, 4.69) is 14.8 Å². The molecule has 11 heteroatoms. The first-order chi connectivity index (χ1) is 13.5. The van der Waals surface area contributed by atoms with Crippen molar-refractivity contribution in [2.45, 2.75) is 18.1 Å². The second kappa shape index (κ2) is 9.41. The van der Waals surface area contributed by atoms with Gasteiger partial charge in [0.25, 0.3) is 0 Å². The van der Waals surface area contributed by atoms with Crippen molar-refractivity contribution in [2.75, 3.05) is 11.6 Å². The summed E-state index contributed by atoms with van der Waals surface area (Å²) >= 11 is 0. The molecule has 6 nitrogen and oxygen atoms in total. The second-order valence-electron chi connectivity index (χ2n) is 5.58. The Bertz CT molecular complexity index is 992. The molecule has 0 fully saturated rings. The van der Waals surface area contributed by atoms with Gasteiger partial charge in [-0.2, -0.15) is 17.6 Å². The maximum Gasteiger partial charge on any atom is 0.387 e. The largest absolute Gasteiger partial charge is 0.435 e. The molecule has 0 aliphatic carbocycles. The van der Waals surface area contributed by atoms with Crippen LogP contribution in [0.4, 0.5) is 23.2 Å². The molecular formula is C18H15F4NO5S. The first kappa shape index (κ1) is 22.2. The highest BCUT2D eigenvalue weighted by atomic mass is 32.2. The summed E-state index contributed by atoms with van der Waals surface area (Å²) in [5.74, 6) is -1.49. The maximum absolute atomic E-state index is 12.5. The van der Waals surface area contributed by atoms with E-state index in [9.17, 15) is 30.8 Å². The maximum atomic E-state index is 12.5. The molecule has 2 aromatic rings. The highest BCUT2D eigenvalue weighted by molar-refractivity contribution is 7.90. The summed E-state index contributed by atoms with van der Waals surface area (Å²) in [7, 11) is -3.38. The summed E-state index contributed by atoms with van der Waals surface area (Å²) in [6.45, 7) is -6.36. The van der Waals surface area contributed by atoms with Crippen LogP contribution in [0.5, 0.6) is 11.5 Å².